The molecule has 12 nitrogen and oxygen atoms in total. The van der Waals surface area contributed by atoms with Crippen LogP contribution in [0.15, 0.2) is 83.9 Å². The number of pyridine rings is 3. The molecule has 6 rings (SSSR count). The monoisotopic (exact) mass is 622 g/mol. The molecule has 0 aliphatic heterocycles. The van der Waals surface area contributed by atoms with Crippen LogP contribution in [-0.4, -0.2) is 51.5 Å². The van der Waals surface area contributed by atoms with E-state index in [4.69, 9.17) is 24.1 Å². The molecule has 0 radical (unpaired) electrons. The third kappa shape index (κ3) is 6.70. The zero-order chi connectivity index (χ0) is 32.8. The molecule has 0 saturated carbocycles. The average Bonchev–Trinajstić information content (AvgIpc) is 3.05. The highest BCUT2D eigenvalue weighted by Gasteiger charge is 2.26. The van der Waals surface area contributed by atoms with Gasteiger partial charge in [-0.1, -0.05) is 18.2 Å². The molecule has 1 amide bonds. The molecule has 0 unspecified atom stereocenters. The molecule has 2 aromatic carbocycles. The minimum Gasteiger partial charge on any atom is -0.493 e. The largest absolute Gasteiger partial charge is 0.493 e. The number of carbonyl (C=O) groups is 3. The molecular formula is C34H30N4O8. The van der Waals surface area contributed by atoms with Crippen molar-refractivity contribution >= 4 is 34.4 Å². The molecular weight excluding hydrogens is 592 g/mol. The van der Waals surface area contributed by atoms with Gasteiger partial charge in [-0.25, -0.2) is 4.98 Å². The highest BCUT2D eigenvalue weighted by molar-refractivity contribution is 6.06. The zero-order valence-corrected chi connectivity index (χ0v) is 25.3. The summed E-state index contributed by atoms with van der Waals surface area (Å²) in [7, 11) is 3.11. The second-order valence-corrected chi connectivity index (χ2v) is 10.2. The number of carbonyl (C=O) groups excluding carboxylic acids is 2. The van der Waals surface area contributed by atoms with Crippen LogP contribution in [0.1, 0.15) is 46.2 Å². The molecule has 0 saturated heterocycles. The number of hydrogen-bond donors (Lipinski definition) is 2. The average molecular weight is 623 g/mol. The van der Waals surface area contributed by atoms with Crippen molar-refractivity contribution in [1.82, 2.24) is 14.5 Å². The van der Waals surface area contributed by atoms with Crippen LogP contribution in [0.3, 0.4) is 0 Å². The van der Waals surface area contributed by atoms with Crippen molar-refractivity contribution in [3.8, 4) is 28.7 Å². The Labute approximate surface area is 263 Å². The van der Waals surface area contributed by atoms with E-state index in [9.17, 15) is 14.4 Å². The van der Waals surface area contributed by atoms with Gasteiger partial charge in [0.1, 0.15) is 22.9 Å². The number of para-hydroxylation sites is 1. The molecule has 0 fully saturated rings. The summed E-state index contributed by atoms with van der Waals surface area (Å²) in [6, 6.07) is 18.9. The maximum atomic E-state index is 13.6. The van der Waals surface area contributed by atoms with Crippen molar-refractivity contribution in [2.45, 2.75) is 26.2 Å². The van der Waals surface area contributed by atoms with Gasteiger partial charge in [-0.05, 0) is 55.3 Å². The molecule has 46 heavy (non-hydrogen) atoms. The normalized spacial score (nSPS) is 11.9. The number of methoxy groups -OCH3 is 2. The predicted octanol–water partition coefficient (Wildman–Crippen LogP) is 5.45. The van der Waals surface area contributed by atoms with Crippen LogP contribution in [0.5, 0.6) is 23.0 Å². The topological polar surface area (TPSA) is 159 Å². The Morgan fingerprint density at radius 1 is 0.891 bits per heavy atom. The first-order chi connectivity index (χ1) is 22.2. The minimum absolute atomic E-state index is 0.0886. The van der Waals surface area contributed by atoms with Crippen molar-refractivity contribution in [1.29, 1.82) is 0 Å². The van der Waals surface area contributed by atoms with Crippen LogP contribution in [0.4, 0.5) is 5.82 Å². The standard InChI is InChI=1S/C32H26N4O6.C2H4O2/c1-40-28-16-21-24(17-29(28)41-2)33-14-13-27(21)42-20-11-12-30(34-18-20)35-31(38)23-15-22-25(9-6-10-26(22)37)36(32(23)39)19-7-4-3-5-8-19;1-2(3)4/h3-5,7-8,11-18H,6,9-10H2,1-2H3,(H,34,35,38);1H3,(H,3,4). The number of nitrogens with zero attached hydrogens (tertiary/aromatic N) is 3. The fraction of sp³-hybridized carbons (Fsp3) is 0.176. The van der Waals surface area contributed by atoms with Crippen LogP contribution in [0.25, 0.3) is 16.6 Å². The van der Waals surface area contributed by atoms with E-state index in [0.717, 1.165) is 6.92 Å². The van der Waals surface area contributed by atoms with Gasteiger partial charge in [-0.3, -0.25) is 28.7 Å². The van der Waals surface area contributed by atoms with Crippen molar-refractivity contribution in [3.63, 3.8) is 0 Å². The van der Waals surface area contributed by atoms with Crippen molar-refractivity contribution in [2.24, 2.45) is 0 Å². The Bertz CT molecular complexity index is 1990. The lowest BCUT2D eigenvalue weighted by Crippen LogP contribution is -2.33. The van der Waals surface area contributed by atoms with Gasteiger partial charge in [-0.2, -0.15) is 0 Å². The smallest absolute Gasteiger partial charge is 0.300 e. The molecule has 234 valence electrons. The summed E-state index contributed by atoms with van der Waals surface area (Å²) < 4.78 is 18.3. The van der Waals surface area contributed by atoms with E-state index < -0.39 is 17.4 Å². The maximum Gasteiger partial charge on any atom is 0.300 e. The van der Waals surface area contributed by atoms with Gasteiger partial charge in [0.05, 0.1) is 25.9 Å². The summed E-state index contributed by atoms with van der Waals surface area (Å²) in [5, 5.41) is 10.8. The van der Waals surface area contributed by atoms with Crippen molar-refractivity contribution in [3.05, 3.63) is 106 Å². The number of hydrogen-bond acceptors (Lipinski definition) is 9. The molecule has 2 N–H and O–H groups in total. The summed E-state index contributed by atoms with van der Waals surface area (Å²) in [4.78, 5) is 57.3. The second kappa shape index (κ2) is 13.7. The summed E-state index contributed by atoms with van der Waals surface area (Å²) >= 11 is 0. The number of benzene rings is 2. The lowest BCUT2D eigenvalue weighted by Gasteiger charge is -2.21. The lowest BCUT2D eigenvalue weighted by molar-refractivity contribution is -0.134. The number of carboxylic acids is 1. The Hall–Kier alpha value is -6.04. The Morgan fingerprint density at radius 3 is 2.28 bits per heavy atom. The number of ketones is 1. The number of Topliss-reactive ketones (excluding diaryl/α,β-unsaturated/α-hetero) is 1. The molecule has 3 aromatic heterocycles. The van der Waals surface area contributed by atoms with Gasteiger partial charge >= 0.3 is 0 Å². The molecule has 12 heteroatoms. The van der Waals surface area contributed by atoms with Gasteiger partial charge in [0.15, 0.2) is 17.3 Å². The fourth-order valence-electron chi connectivity index (χ4n) is 5.07. The number of amides is 1. The number of aliphatic carboxylic acids is 1. The number of ether oxygens (including phenoxy) is 3. The Balaban J connectivity index is 0.000000985. The van der Waals surface area contributed by atoms with E-state index >= 15 is 0 Å². The number of aromatic nitrogens is 3. The quantitative estimate of drug-likeness (QED) is 0.239. The Morgan fingerprint density at radius 2 is 1.61 bits per heavy atom. The van der Waals surface area contributed by atoms with Crippen LogP contribution in [-0.2, 0) is 11.2 Å². The first kappa shape index (κ1) is 31.4. The van der Waals surface area contributed by atoms with Gasteiger partial charge in [0.25, 0.3) is 17.4 Å². The van der Waals surface area contributed by atoms with Crippen LogP contribution in [0.2, 0.25) is 0 Å². The van der Waals surface area contributed by atoms with E-state index in [0.29, 0.717) is 70.1 Å². The number of fused-ring (bicyclic) bond motifs is 2. The summed E-state index contributed by atoms with van der Waals surface area (Å²) in [6.07, 6.45) is 4.68. The summed E-state index contributed by atoms with van der Waals surface area (Å²) in [5.41, 5.74) is 1.64. The van der Waals surface area contributed by atoms with Crippen LogP contribution < -0.4 is 25.1 Å². The van der Waals surface area contributed by atoms with E-state index in [1.807, 2.05) is 6.07 Å². The summed E-state index contributed by atoms with van der Waals surface area (Å²) in [5.74, 6) is 0.667. The highest BCUT2D eigenvalue weighted by Crippen LogP contribution is 2.36. The lowest BCUT2D eigenvalue weighted by atomic mass is 9.92. The number of nitrogens with one attached hydrogen (secondary N) is 1. The van der Waals surface area contributed by atoms with Crippen LogP contribution in [0, 0.1) is 0 Å². The van der Waals surface area contributed by atoms with Gasteiger partial charge < -0.3 is 24.6 Å². The predicted molar refractivity (Wildman–Crippen MR) is 170 cm³/mol. The first-order valence-corrected chi connectivity index (χ1v) is 14.2. The summed E-state index contributed by atoms with van der Waals surface area (Å²) in [6.45, 7) is 1.08. The molecule has 1 aliphatic carbocycles. The van der Waals surface area contributed by atoms with Crippen LogP contribution >= 0.6 is 0 Å². The minimum atomic E-state index is -0.833. The number of carboxylic acid groups (broad SMARTS) is 1. The number of rotatable bonds is 7. The highest BCUT2D eigenvalue weighted by atomic mass is 16.5. The Kier molecular flexibility index (Phi) is 9.36. The van der Waals surface area contributed by atoms with Gasteiger partial charge in [0, 0.05) is 47.9 Å². The zero-order valence-electron chi connectivity index (χ0n) is 25.3. The third-order valence-corrected chi connectivity index (χ3v) is 7.09. The van der Waals surface area contributed by atoms with Gasteiger partial charge in [0.2, 0.25) is 0 Å². The third-order valence-electron chi connectivity index (χ3n) is 7.09. The van der Waals surface area contributed by atoms with E-state index in [1.54, 1.807) is 75.0 Å². The molecule has 3 heterocycles. The van der Waals surface area contributed by atoms with Crippen molar-refractivity contribution < 1.29 is 33.7 Å². The SMILES string of the molecule is CC(=O)O.COc1cc2nccc(Oc3ccc(NC(=O)c4cc5c(n(-c6ccccc6)c4=O)CCCC5=O)nc3)c2cc1OC. The van der Waals surface area contributed by atoms with Gasteiger partial charge in [-0.15, -0.1) is 0 Å². The van der Waals surface area contributed by atoms with Crippen molar-refractivity contribution in [2.75, 3.05) is 19.5 Å². The van der Waals surface area contributed by atoms with E-state index in [-0.39, 0.29) is 17.2 Å². The van der Waals surface area contributed by atoms with E-state index in [1.165, 1.54) is 16.8 Å². The molecule has 0 bridgehead atoms. The first-order valence-electron chi connectivity index (χ1n) is 14.2. The number of anilines is 1. The maximum absolute atomic E-state index is 13.6. The molecule has 1 aliphatic rings. The fourth-order valence-corrected chi connectivity index (χ4v) is 5.07. The molecule has 0 atom stereocenters. The van der Waals surface area contributed by atoms with E-state index in [2.05, 4.69) is 15.3 Å². The molecule has 5 aromatic rings. The molecule has 0 spiro atoms. The second-order valence-electron chi connectivity index (χ2n) is 10.2.